The summed E-state index contributed by atoms with van der Waals surface area (Å²) in [5, 5.41) is 0. The Hall–Kier alpha value is -1.24. The van der Waals surface area contributed by atoms with E-state index < -0.39 is 22.0 Å². The molecule has 1 heterocycles. The molecule has 0 N–H and O–H groups in total. The highest BCUT2D eigenvalue weighted by Crippen LogP contribution is 2.47. The zero-order valence-electron chi connectivity index (χ0n) is 14.3. The average molecular weight is 352 g/mol. The van der Waals surface area contributed by atoms with Gasteiger partial charge in [0.2, 0.25) is 0 Å². The van der Waals surface area contributed by atoms with Gasteiger partial charge in [-0.3, -0.25) is 9.00 Å². The van der Waals surface area contributed by atoms with Gasteiger partial charge in [0.15, 0.2) is 0 Å². The van der Waals surface area contributed by atoms with Crippen LogP contribution in [0, 0.1) is 5.92 Å². The Morgan fingerprint density at radius 3 is 2.71 bits per heavy atom. The van der Waals surface area contributed by atoms with Gasteiger partial charge in [-0.05, 0) is 51.2 Å². The van der Waals surface area contributed by atoms with Gasteiger partial charge in [0, 0.05) is 11.8 Å². The van der Waals surface area contributed by atoms with Gasteiger partial charge in [-0.25, -0.2) is 9.78 Å². The first-order valence-electron chi connectivity index (χ1n) is 8.30. The SMILES string of the molecule is CC(=O)O[C@]1(C)CC[C@@H]2C[C@H]1OO[C@]2(C)C[S@@](=O)c1ccccc1. The Morgan fingerprint density at radius 2 is 2.04 bits per heavy atom. The lowest BCUT2D eigenvalue weighted by atomic mass is 9.71. The second-order valence-electron chi connectivity index (χ2n) is 7.16. The second kappa shape index (κ2) is 6.58. The number of carbonyl (C=O) groups is 1. The van der Waals surface area contributed by atoms with Gasteiger partial charge in [-0.15, -0.1) is 0 Å². The molecular formula is C18H24O5S. The van der Waals surface area contributed by atoms with Crippen molar-refractivity contribution in [1.82, 2.24) is 0 Å². The lowest BCUT2D eigenvalue weighted by Gasteiger charge is -2.51. The molecule has 3 rings (SSSR count). The topological polar surface area (TPSA) is 61.8 Å². The Bertz CT molecular complexity index is 634. The summed E-state index contributed by atoms with van der Waals surface area (Å²) in [6.07, 6.45) is 2.04. The smallest absolute Gasteiger partial charge is 0.303 e. The quantitative estimate of drug-likeness (QED) is 0.616. The van der Waals surface area contributed by atoms with E-state index in [1.165, 1.54) is 6.92 Å². The van der Waals surface area contributed by atoms with Crippen LogP contribution in [0.25, 0.3) is 0 Å². The summed E-state index contributed by atoms with van der Waals surface area (Å²) < 4.78 is 18.1. The highest BCUT2D eigenvalue weighted by molar-refractivity contribution is 7.85. The summed E-state index contributed by atoms with van der Waals surface area (Å²) in [6.45, 7) is 5.26. The lowest BCUT2D eigenvalue weighted by Crippen LogP contribution is -2.59. The zero-order valence-corrected chi connectivity index (χ0v) is 15.1. The molecule has 0 aromatic heterocycles. The molecule has 1 aromatic carbocycles. The fraction of sp³-hybridized carbons (Fsp3) is 0.611. The van der Waals surface area contributed by atoms with Crippen LogP contribution >= 0.6 is 0 Å². The summed E-state index contributed by atoms with van der Waals surface area (Å²) in [4.78, 5) is 23.5. The maximum atomic E-state index is 12.7. The van der Waals surface area contributed by atoms with Crippen LogP contribution in [0.4, 0.5) is 0 Å². The summed E-state index contributed by atoms with van der Waals surface area (Å²) in [5.41, 5.74) is -1.25. The molecular weight excluding hydrogens is 328 g/mol. The normalized spacial score (nSPS) is 36.8. The Balaban J connectivity index is 1.70. The Morgan fingerprint density at radius 1 is 1.33 bits per heavy atom. The maximum absolute atomic E-state index is 12.7. The third kappa shape index (κ3) is 3.41. The predicted octanol–water partition coefficient (Wildman–Crippen LogP) is 3.01. The van der Waals surface area contributed by atoms with E-state index in [0.29, 0.717) is 5.75 Å². The molecule has 1 aliphatic heterocycles. The van der Waals surface area contributed by atoms with Crippen molar-refractivity contribution in [3.63, 3.8) is 0 Å². The van der Waals surface area contributed by atoms with Gasteiger partial charge >= 0.3 is 5.97 Å². The first-order chi connectivity index (χ1) is 11.3. The fourth-order valence-corrected chi connectivity index (χ4v) is 5.11. The average Bonchev–Trinajstić information content (AvgIpc) is 2.53. The van der Waals surface area contributed by atoms with E-state index in [-0.39, 0.29) is 18.0 Å². The van der Waals surface area contributed by atoms with Crippen molar-refractivity contribution in [2.24, 2.45) is 5.92 Å². The van der Waals surface area contributed by atoms with Gasteiger partial charge in [0.1, 0.15) is 17.3 Å². The summed E-state index contributed by atoms with van der Waals surface area (Å²) in [6, 6.07) is 9.41. The Kier molecular flexibility index (Phi) is 4.82. The molecule has 5 atom stereocenters. The monoisotopic (exact) mass is 352 g/mol. The van der Waals surface area contributed by atoms with Gasteiger partial charge in [-0.1, -0.05) is 18.2 Å². The van der Waals surface area contributed by atoms with E-state index in [9.17, 15) is 9.00 Å². The molecule has 0 amide bonds. The largest absolute Gasteiger partial charge is 0.457 e. The first-order valence-corrected chi connectivity index (χ1v) is 9.62. The van der Waals surface area contributed by atoms with E-state index in [1.54, 1.807) is 0 Å². The highest BCUT2D eigenvalue weighted by atomic mass is 32.2. The van der Waals surface area contributed by atoms with Crippen LogP contribution in [0.15, 0.2) is 35.2 Å². The van der Waals surface area contributed by atoms with E-state index in [0.717, 1.165) is 24.2 Å². The van der Waals surface area contributed by atoms with Crippen molar-refractivity contribution in [2.45, 2.75) is 62.2 Å². The molecule has 1 aromatic rings. The number of hydrogen-bond donors (Lipinski definition) is 0. The molecule has 2 bridgehead atoms. The molecule has 2 aliphatic rings. The van der Waals surface area contributed by atoms with E-state index in [4.69, 9.17) is 14.5 Å². The van der Waals surface area contributed by atoms with Gasteiger partial charge < -0.3 is 4.74 Å². The minimum Gasteiger partial charge on any atom is -0.457 e. The van der Waals surface area contributed by atoms with Crippen molar-refractivity contribution in [3.8, 4) is 0 Å². The van der Waals surface area contributed by atoms with Crippen molar-refractivity contribution in [1.29, 1.82) is 0 Å². The minimum absolute atomic E-state index is 0.229. The molecule has 1 aliphatic carbocycles. The van der Waals surface area contributed by atoms with E-state index in [1.807, 2.05) is 44.2 Å². The first kappa shape index (κ1) is 17.6. The maximum Gasteiger partial charge on any atom is 0.303 e. The molecule has 0 spiro atoms. The molecule has 0 unspecified atom stereocenters. The predicted molar refractivity (Wildman–Crippen MR) is 89.6 cm³/mol. The molecule has 6 heteroatoms. The number of ether oxygens (including phenoxy) is 1. The third-order valence-corrected chi connectivity index (χ3v) is 6.82. The van der Waals surface area contributed by atoms with E-state index >= 15 is 0 Å². The molecule has 1 saturated heterocycles. The summed E-state index contributed by atoms with van der Waals surface area (Å²) >= 11 is 0. The summed E-state index contributed by atoms with van der Waals surface area (Å²) in [5.74, 6) is 0.309. The number of hydrogen-bond acceptors (Lipinski definition) is 5. The van der Waals surface area contributed by atoms with Crippen LogP contribution in [0.2, 0.25) is 0 Å². The van der Waals surface area contributed by atoms with Gasteiger partial charge in [0.05, 0.1) is 16.6 Å². The van der Waals surface area contributed by atoms with Crippen LogP contribution in [-0.2, 0) is 30.1 Å². The van der Waals surface area contributed by atoms with Crippen molar-refractivity contribution in [2.75, 3.05) is 5.75 Å². The number of esters is 1. The number of benzene rings is 1. The number of fused-ring (bicyclic) bond motifs is 2. The van der Waals surface area contributed by atoms with Crippen molar-refractivity contribution in [3.05, 3.63) is 30.3 Å². The third-order valence-electron chi connectivity index (χ3n) is 5.19. The lowest BCUT2D eigenvalue weighted by molar-refractivity contribution is -0.441. The van der Waals surface area contributed by atoms with Crippen LogP contribution in [-0.4, -0.2) is 33.2 Å². The van der Waals surface area contributed by atoms with Crippen LogP contribution in [0.3, 0.4) is 0 Å². The molecule has 24 heavy (non-hydrogen) atoms. The zero-order chi connectivity index (χ0) is 17.4. The highest BCUT2D eigenvalue weighted by Gasteiger charge is 2.54. The second-order valence-corrected chi connectivity index (χ2v) is 8.61. The molecule has 1 saturated carbocycles. The molecule has 0 radical (unpaired) electrons. The van der Waals surface area contributed by atoms with Crippen LogP contribution in [0.5, 0.6) is 0 Å². The van der Waals surface area contributed by atoms with Crippen LogP contribution in [0.1, 0.15) is 40.0 Å². The summed E-state index contributed by atoms with van der Waals surface area (Å²) in [7, 11) is -1.15. The number of rotatable bonds is 4. The van der Waals surface area contributed by atoms with Crippen molar-refractivity contribution >= 4 is 16.8 Å². The van der Waals surface area contributed by atoms with Gasteiger partial charge in [0.25, 0.3) is 0 Å². The van der Waals surface area contributed by atoms with Gasteiger partial charge in [-0.2, -0.15) is 0 Å². The Labute approximate surface area is 145 Å². The number of carbonyl (C=O) groups excluding carboxylic acids is 1. The molecule has 5 nitrogen and oxygen atoms in total. The molecule has 2 fully saturated rings. The standard InChI is InChI=1S/C18H24O5S/c1-13(19)21-17(2)10-9-14-11-16(17)22-23-18(14,3)12-24(20)15-7-5-4-6-8-15/h4-8,14,16H,9-12H2,1-3H3/t14-,16-,17-,18-,24-/m1/s1. The van der Waals surface area contributed by atoms with E-state index in [2.05, 4.69) is 0 Å². The van der Waals surface area contributed by atoms with Crippen LogP contribution < -0.4 is 0 Å². The fourth-order valence-electron chi connectivity index (χ4n) is 3.68. The van der Waals surface area contributed by atoms with Crippen molar-refractivity contribution < 1.29 is 23.5 Å². The minimum atomic E-state index is -1.15. The molecule has 132 valence electrons.